The van der Waals surface area contributed by atoms with Gasteiger partial charge in [0, 0.05) is 25.7 Å². The molecule has 0 aliphatic carbocycles. The topological polar surface area (TPSA) is 85.1 Å². The molecule has 0 bridgehead atoms. The van der Waals surface area contributed by atoms with Crippen molar-refractivity contribution in [3.8, 4) is 0 Å². The zero-order valence-electron chi connectivity index (χ0n) is 9.01. The van der Waals surface area contributed by atoms with Gasteiger partial charge in [0.05, 0.1) is 4.92 Å². The zero-order chi connectivity index (χ0) is 12.8. The lowest BCUT2D eigenvalue weighted by molar-refractivity contribution is -0.385. The average molecular weight is 256 g/mol. The highest BCUT2D eigenvalue weighted by Crippen LogP contribution is 2.22. The molecule has 1 amide bonds. The summed E-state index contributed by atoms with van der Waals surface area (Å²) in [5.41, 5.74) is 0.305. The van der Waals surface area contributed by atoms with E-state index in [0.29, 0.717) is 12.1 Å². The highest BCUT2D eigenvalue weighted by Gasteiger charge is 2.12. The van der Waals surface area contributed by atoms with Gasteiger partial charge in [-0.15, -0.1) is 0 Å². The number of nitrogens with zero attached hydrogens (tertiary/aromatic N) is 2. The lowest BCUT2D eigenvalue weighted by Gasteiger charge is -1.97. The van der Waals surface area contributed by atoms with Crippen LogP contribution in [0.15, 0.2) is 18.3 Å². The molecule has 0 atom stereocenters. The molecule has 90 valence electrons. The third-order valence-corrected chi connectivity index (χ3v) is 2.11. The Morgan fingerprint density at radius 1 is 1.71 bits per heavy atom. The first-order valence-electron chi connectivity index (χ1n) is 4.71. The number of pyridine rings is 1. The van der Waals surface area contributed by atoms with Crippen LogP contribution in [0, 0.1) is 10.1 Å². The van der Waals surface area contributed by atoms with Crippen molar-refractivity contribution in [2.75, 3.05) is 6.54 Å². The molecule has 0 radical (unpaired) electrons. The number of aromatic nitrogens is 1. The maximum absolute atomic E-state index is 10.6. The van der Waals surface area contributed by atoms with Crippen LogP contribution in [0.5, 0.6) is 0 Å². The summed E-state index contributed by atoms with van der Waals surface area (Å²) in [7, 11) is 0. The fourth-order valence-corrected chi connectivity index (χ4v) is 1.24. The number of rotatable bonds is 4. The molecular formula is C10H10ClN3O3. The smallest absolute Gasteiger partial charge is 0.307 e. The summed E-state index contributed by atoms with van der Waals surface area (Å²) in [6, 6.07) is 1.32. The van der Waals surface area contributed by atoms with Crippen molar-refractivity contribution in [2.45, 2.75) is 6.92 Å². The number of hydrogen-bond acceptors (Lipinski definition) is 4. The summed E-state index contributed by atoms with van der Waals surface area (Å²) in [5.74, 6) is -0.144. The van der Waals surface area contributed by atoms with Crippen molar-refractivity contribution in [1.82, 2.24) is 10.3 Å². The molecule has 0 spiro atoms. The fraction of sp³-hybridized carbons (Fsp3) is 0.200. The quantitative estimate of drug-likeness (QED) is 0.505. The highest BCUT2D eigenvalue weighted by atomic mass is 35.5. The second-order valence-corrected chi connectivity index (χ2v) is 3.53. The molecule has 1 N–H and O–H groups in total. The van der Waals surface area contributed by atoms with Crippen LogP contribution in [0.2, 0.25) is 5.15 Å². The molecule has 1 rings (SSSR count). The summed E-state index contributed by atoms with van der Waals surface area (Å²) in [6.07, 6.45) is 4.70. The Hall–Kier alpha value is -1.95. The van der Waals surface area contributed by atoms with E-state index >= 15 is 0 Å². The van der Waals surface area contributed by atoms with Crippen molar-refractivity contribution in [1.29, 1.82) is 0 Å². The van der Waals surface area contributed by atoms with Gasteiger partial charge in [-0.3, -0.25) is 14.9 Å². The van der Waals surface area contributed by atoms with Crippen LogP contribution in [-0.2, 0) is 4.79 Å². The van der Waals surface area contributed by atoms with Crippen molar-refractivity contribution in [2.24, 2.45) is 0 Å². The maximum atomic E-state index is 10.6. The van der Waals surface area contributed by atoms with Gasteiger partial charge in [-0.2, -0.15) is 0 Å². The lowest BCUT2D eigenvalue weighted by Crippen LogP contribution is -2.19. The standard InChI is InChI=1S/C10H10ClN3O3/c1-7(15)12-4-2-3-8-5-9(14(16)17)10(11)13-6-8/h2-3,5-6H,4H2,1H3,(H,12,15). The van der Waals surface area contributed by atoms with Gasteiger partial charge in [0.1, 0.15) is 0 Å². The summed E-state index contributed by atoms with van der Waals surface area (Å²) < 4.78 is 0. The van der Waals surface area contributed by atoms with E-state index < -0.39 is 4.92 Å². The molecule has 1 heterocycles. The Bertz CT molecular complexity index is 474. The Labute approximate surface area is 102 Å². The van der Waals surface area contributed by atoms with E-state index in [1.54, 1.807) is 12.2 Å². The summed E-state index contributed by atoms with van der Waals surface area (Å²) in [4.78, 5) is 24.3. The molecule has 0 aliphatic heterocycles. The molecule has 0 saturated heterocycles. The second kappa shape index (κ2) is 5.95. The number of carbonyl (C=O) groups excluding carboxylic acids is 1. The van der Waals surface area contributed by atoms with E-state index in [4.69, 9.17) is 11.6 Å². The van der Waals surface area contributed by atoms with Crippen LogP contribution < -0.4 is 5.32 Å². The molecule has 1 aromatic heterocycles. The fourth-order valence-electron chi connectivity index (χ4n) is 1.07. The van der Waals surface area contributed by atoms with Crippen molar-refractivity contribution in [3.05, 3.63) is 39.2 Å². The van der Waals surface area contributed by atoms with Crippen molar-refractivity contribution >= 4 is 29.3 Å². The Morgan fingerprint density at radius 2 is 2.41 bits per heavy atom. The number of nitro groups is 1. The number of halogens is 1. The number of amides is 1. The zero-order valence-corrected chi connectivity index (χ0v) is 9.77. The second-order valence-electron chi connectivity index (χ2n) is 3.18. The molecule has 17 heavy (non-hydrogen) atoms. The summed E-state index contributed by atoms with van der Waals surface area (Å²) in [6.45, 7) is 1.76. The van der Waals surface area contributed by atoms with E-state index in [9.17, 15) is 14.9 Å². The largest absolute Gasteiger partial charge is 0.353 e. The monoisotopic (exact) mass is 255 g/mol. The summed E-state index contributed by atoms with van der Waals surface area (Å²) >= 11 is 5.56. The van der Waals surface area contributed by atoms with Gasteiger partial charge in [0.15, 0.2) is 0 Å². The number of hydrogen-bond donors (Lipinski definition) is 1. The third kappa shape index (κ3) is 4.20. The first-order valence-corrected chi connectivity index (χ1v) is 5.09. The maximum Gasteiger partial charge on any atom is 0.307 e. The third-order valence-electron chi connectivity index (χ3n) is 1.82. The predicted octanol–water partition coefficient (Wildman–Crippen LogP) is 1.79. The van der Waals surface area contributed by atoms with E-state index in [1.807, 2.05) is 0 Å². The van der Waals surface area contributed by atoms with Crippen molar-refractivity contribution in [3.63, 3.8) is 0 Å². The van der Waals surface area contributed by atoms with Crippen LogP contribution in [0.25, 0.3) is 6.08 Å². The normalized spacial score (nSPS) is 10.5. The highest BCUT2D eigenvalue weighted by molar-refractivity contribution is 6.31. The predicted molar refractivity (Wildman–Crippen MR) is 63.6 cm³/mol. The number of carbonyl (C=O) groups is 1. The van der Waals surface area contributed by atoms with Crippen LogP contribution in [0.3, 0.4) is 0 Å². The molecule has 0 fully saturated rings. The van der Waals surface area contributed by atoms with Gasteiger partial charge in [-0.1, -0.05) is 23.8 Å². The van der Waals surface area contributed by atoms with Gasteiger partial charge >= 0.3 is 5.69 Å². The van der Waals surface area contributed by atoms with Gasteiger partial charge in [-0.05, 0) is 5.56 Å². The average Bonchev–Trinajstić information content (AvgIpc) is 2.25. The molecule has 0 aliphatic rings. The molecule has 0 saturated carbocycles. The van der Waals surface area contributed by atoms with Crippen LogP contribution in [0.1, 0.15) is 12.5 Å². The molecule has 7 heteroatoms. The van der Waals surface area contributed by atoms with Gasteiger partial charge in [0.25, 0.3) is 0 Å². The Kier molecular flexibility index (Phi) is 4.59. The van der Waals surface area contributed by atoms with Gasteiger partial charge < -0.3 is 5.32 Å². The van der Waals surface area contributed by atoms with Crippen LogP contribution in [-0.4, -0.2) is 22.4 Å². The van der Waals surface area contributed by atoms with Crippen LogP contribution >= 0.6 is 11.6 Å². The Morgan fingerprint density at radius 3 is 3.00 bits per heavy atom. The van der Waals surface area contributed by atoms with E-state index in [0.717, 1.165) is 0 Å². The molecular weight excluding hydrogens is 246 g/mol. The molecule has 6 nitrogen and oxygen atoms in total. The lowest BCUT2D eigenvalue weighted by atomic mass is 10.2. The first kappa shape index (κ1) is 13.1. The minimum atomic E-state index is -0.597. The molecule has 0 aromatic carbocycles. The van der Waals surface area contributed by atoms with Gasteiger partial charge in [-0.25, -0.2) is 4.98 Å². The minimum Gasteiger partial charge on any atom is -0.353 e. The van der Waals surface area contributed by atoms with E-state index in [-0.39, 0.29) is 16.7 Å². The van der Waals surface area contributed by atoms with Crippen molar-refractivity contribution < 1.29 is 9.72 Å². The SMILES string of the molecule is CC(=O)NCC=Cc1cnc(Cl)c([N+](=O)[O-])c1. The Balaban J connectivity index is 2.75. The molecule has 1 aromatic rings. The molecule has 0 unspecified atom stereocenters. The minimum absolute atomic E-state index is 0.144. The number of nitrogens with one attached hydrogen (secondary N) is 1. The van der Waals surface area contributed by atoms with Gasteiger partial charge in [0.2, 0.25) is 11.1 Å². The summed E-state index contributed by atoms with van der Waals surface area (Å²) in [5, 5.41) is 13.0. The first-order chi connectivity index (χ1) is 8.00. The van der Waals surface area contributed by atoms with E-state index in [2.05, 4.69) is 10.3 Å². The van der Waals surface area contributed by atoms with Crippen LogP contribution in [0.4, 0.5) is 5.69 Å². The van der Waals surface area contributed by atoms with E-state index in [1.165, 1.54) is 19.2 Å².